The van der Waals surface area contributed by atoms with E-state index in [9.17, 15) is 0 Å². The largest absolute Gasteiger partial charge is 0.413 e. The molecule has 27 heavy (non-hydrogen) atoms. The van der Waals surface area contributed by atoms with Gasteiger partial charge in [-0.25, -0.2) is 0 Å². The second-order valence-corrected chi connectivity index (χ2v) is 14.3. The summed E-state index contributed by atoms with van der Waals surface area (Å²) in [7, 11) is 9.41. The summed E-state index contributed by atoms with van der Waals surface area (Å²) in [6.07, 6.45) is 2.35. The molecule has 0 spiro atoms. The highest BCUT2D eigenvalue weighted by molar-refractivity contribution is 6.47. The first-order valence-electron chi connectivity index (χ1n) is 8.97. The van der Waals surface area contributed by atoms with Crippen LogP contribution in [0.1, 0.15) is 40.0 Å². The van der Waals surface area contributed by atoms with Crippen molar-refractivity contribution in [1.82, 2.24) is 0 Å². The van der Waals surface area contributed by atoms with Crippen LogP contribution in [0.5, 0.6) is 0 Å². The standard InChI is InChI=1S/C16H36O7Si4/c1-13(25(17-4)18-5)10-16(23-24,11-14(2)26(19-6)20-7)12-15(3)27(21-8)22-9/h13-15H,10-12H2,1-9H3. The third-order valence-electron chi connectivity index (χ3n) is 4.67. The fourth-order valence-corrected chi connectivity index (χ4v) is 8.54. The molecule has 0 heterocycles. The molecular weight excluding hydrogens is 417 g/mol. The van der Waals surface area contributed by atoms with Crippen LogP contribution in [0.4, 0.5) is 0 Å². The normalized spacial score (nSPS) is 18.1. The highest BCUT2D eigenvalue weighted by Crippen LogP contribution is 2.41. The maximum atomic E-state index is 5.99. The fourth-order valence-electron chi connectivity index (χ4n) is 3.76. The quantitative estimate of drug-likeness (QED) is 0.333. The Hall–Kier alpha value is 0.588. The van der Waals surface area contributed by atoms with Gasteiger partial charge in [-0.05, 0) is 19.3 Å². The van der Waals surface area contributed by atoms with Gasteiger partial charge in [-0.1, -0.05) is 20.8 Å². The second-order valence-electron chi connectivity index (χ2n) is 6.78. The summed E-state index contributed by atoms with van der Waals surface area (Å²) in [5.41, 5.74) is 0.231. The van der Waals surface area contributed by atoms with Crippen molar-refractivity contribution in [3.63, 3.8) is 0 Å². The molecule has 0 rings (SSSR count). The molecular formula is C16H36O7Si4. The highest BCUT2D eigenvalue weighted by atomic mass is 28.3. The van der Waals surface area contributed by atoms with Gasteiger partial charge < -0.3 is 31.0 Å². The zero-order valence-corrected chi connectivity index (χ0v) is 22.2. The Morgan fingerprint density at radius 2 is 0.815 bits per heavy atom. The lowest BCUT2D eigenvalue weighted by Crippen LogP contribution is -2.43. The molecule has 0 saturated carbocycles. The Morgan fingerprint density at radius 3 is 0.963 bits per heavy atom. The molecule has 0 aromatic rings. The van der Waals surface area contributed by atoms with Gasteiger partial charge >= 0.3 is 27.9 Å². The zero-order chi connectivity index (χ0) is 21.0. The molecule has 3 atom stereocenters. The first-order valence-corrected chi connectivity index (χ1v) is 13.6. The van der Waals surface area contributed by atoms with Gasteiger partial charge in [-0.2, -0.15) is 0 Å². The van der Waals surface area contributed by atoms with Gasteiger partial charge in [0, 0.05) is 59.3 Å². The molecule has 0 N–H and O–H groups in total. The number of hydrogen-bond donors (Lipinski definition) is 0. The third kappa shape index (κ3) is 8.86. The molecule has 0 aliphatic rings. The van der Waals surface area contributed by atoms with E-state index in [0.717, 1.165) is 19.3 Å². The van der Waals surface area contributed by atoms with Gasteiger partial charge in [0.1, 0.15) is 0 Å². The minimum atomic E-state index is -1.39. The van der Waals surface area contributed by atoms with Crippen LogP contribution in [-0.4, -0.2) is 86.6 Å². The van der Waals surface area contributed by atoms with Crippen molar-refractivity contribution in [2.75, 3.05) is 42.7 Å². The first kappa shape index (κ1) is 27.6. The van der Waals surface area contributed by atoms with Crippen LogP contribution >= 0.6 is 0 Å². The molecule has 0 aromatic carbocycles. The third-order valence-corrected chi connectivity index (χ3v) is 10.5. The number of rotatable bonds is 16. The Kier molecular flexibility index (Phi) is 14.9. The van der Waals surface area contributed by atoms with Crippen LogP contribution in [0.3, 0.4) is 0 Å². The van der Waals surface area contributed by atoms with Crippen molar-refractivity contribution in [2.45, 2.75) is 62.3 Å². The highest BCUT2D eigenvalue weighted by Gasteiger charge is 2.42. The Labute approximate surface area is 174 Å². The van der Waals surface area contributed by atoms with Crippen molar-refractivity contribution in [1.29, 1.82) is 0 Å². The zero-order valence-electron chi connectivity index (χ0n) is 18.2. The molecule has 0 aromatic heterocycles. The van der Waals surface area contributed by atoms with Gasteiger partial charge in [0.25, 0.3) is 0 Å². The van der Waals surface area contributed by atoms with E-state index in [4.69, 9.17) is 31.0 Å². The Bertz CT molecular complexity index is 318. The maximum absolute atomic E-state index is 5.99. The summed E-state index contributed by atoms with van der Waals surface area (Å²) >= 11 is 0. The van der Waals surface area contributed by atoms with E-state index >= 15 is 0 Å². The molecule has 6 radical (unpaired) electrons. The molecule has 3 unspecified atom stereocenters. The molecule has 0 aliphatic heterocycles. The van der Waals surface area contributed by atoms with Crippen molar-refractivity contribution < 1.29 is 31.0 Å². The predicted octanol–water partition coefficient (Wildman–Crippen LogP) is 2.51. The summed E-state index contributed by atoms with van der Waals surface area (Å²) in [6.45, 7) is 6.44. The first-order chi connectivity index (χ1) is 12.8. The van der Waals surface area contributed by atoms with Crippen molar-refractivity contribution in [3.8, 4) is 0 Å². The van der Waals surface area contributed by atoms with Crippen LogP contribution in [0, 0.1) is 0 Å². The van der Waals surface area contributed by atoms with Crippen molar-refractivity contribution in [3.05, 3.63) is 0 Å². The van der Waals surface area contributed by atoms with E-state index in [2.05, 4.69) is 31.3 Å². The van der Waals surface area contributed by atoms with Crippen LogP contribution in [0.15, 0.2) is 0 Å². The average Bonchev–Trinajstić information content (AvgIpc) is 2.64. The smallest absolute Gasteiger partial charge is 0.387 e. The van der Waals surface area contributed by atoms with Gasteiger partial charge in [-0.15, -0.1) is 0 Å². The average molecular weight is 453 g/mol. The minimum absolute atomic E-state index is 0.224. The van der Waals surface area contributed by atoms with Crippen molar-refractivity contribution in [2.24, 2.45) is 0 Å². The number of hydrogen-bond acceptors (Lipinski definition) is 7. The predicted molar refractivity (Wildman–Crippen MR) is 111 cm³/mol. The molecule has 0 amide bonds. The topological polar surface area (TPSA) is 64.6 Å². The fraction of sp³-hybridized carbons (Fsp3) is 1.00. The summed E-state index contributed by atoms with van der Waals surface area (Å²) in [6, 6.07) is 0. The van der Waals surface area contributed by atoms with E-state index in [1.54, 1.807) is 42.7 Å². The minimum Gasteiger partial charge on any atom is -0.413 e. The van der Waals surface area contributed by atoms with Crippen LogP contribution in [0.25, 0.3) is 0 Å². The second kappa shape index (κ2) is 14.6. The summed E-state index contributed by atoms with van der Waals surface area (Å²) in [5, 5.41) is 0. The van der Waals surface area contributed by atoms with Gasteiger partial charge in [0.05, 0.1) is 5.60 Å². The van der Waals surface area contributed by atoms with Gasteiger partial charge in [0.15, 0.2) is 0 Å². The molecule has 0 saturated heterocycles. The lowest BCUT2D eigenvalue weighted by molar-refractivity contribution is 0.0381. The summed E-state index contributed by atoms with van der Waals surface area (Å²) < 4.78 is 39.4. The van der Waals surface area contributed by atoms with E-state index in [1.807, 2.05) is 0 Å². The van der Waals surface area contributed by atoms with E-state index in [-0.39, 0.29) is 16.6 Å². The molecule has 0 bridgehead atoms. The van der Waals surface area contributed by atoms with E-state index < -0.39 is 33.5 Å². The lowest BCUT2D eigenvalue weighted by atomic mass is 9.87. The summed E-state index contributed by atoms with van der Waals surface area (Å²) in [5.74, 6) is 0. The van der Waals surface area contributed by atoms with Gasteiger partial charge in [0.2, 0.25) is 10.5 Å². The Balaban J connectivity index is 5.58. The van der Waals surface area contributed by atoms with Crippen LogP contribution in [0.2, 0.25) is 16.6 Å². The molecule has 7 nitrogen and oxygen atoms in total. The molecule has 0 aliphatic carbocycles. The van der Waals surface area contributed by atoms with Crippen molar-refractivity contribution >= 4 is 38.3 Å². The summed E-state index contributed by atoms with van der Waals surface area (Å²) in [4.78, 5) is 0. The SMILES string of the molecule is CO[Si](OC)C(C)CC(CC(C)[Si](OC)OC)(CC(C)[Si](OC)OC)O[Si]. The maximum Gasteiger partial charge on any atom is 0.387 e. The molecule has 0 fully saturated rings. The lowest BCUT2D eigenvalue weighted by Gasteiger charge is -2.40. The Morgan fingerprint density at radius 1 is 0.593 bits per heavy atom. The van der Waals surface area contributed by atoms with E-state index in [1.165, 1.54) is 0 Å². The monoisotopic (exact) mass is 452 g/mol. The van der Waals surface area contributed by atoms with Crippen LogP contribution in [-0.2, 0) is 31.0 Å². The van der Waals surface area contributed by atoms with E-state index in [0.29, 0.717) is 0 Å². The van der Waals surface area contributed by atoms with Gasteiger partial charge in [-0.3, -0.25) is 0 Å². The molecule has 158 valence electrons. The molecule has 11 heteroatoms. The van der Waals surface area contributed by atoms with Crippen LogP contribution < -0.4 is 0 Å².